The number of pyridine rings is 1. The van der Waals surface area contributed by atoms with E-state index in [1.165, 1.54) is 0 Å². The van der Waals surface area contributed by atoms with Gasteiger partial charge in [-0.25, -0.2) is 0 Å². The Labute approximate surface area is 136 Å². The molecule has 0 aliphatic carbocycles. The Hall–Kier alpha value is -1.46. The van der Waals surface area contributed by atoms with Crippen molar-refractivity contribution in [2.45, 2.75) is 26.2 Å². The first-order chi connectivity index (χ1) is 9.88. The highest BCUT2D eigenvalue weighted by Crippen LogP contribution is 2.30. The van der Waals surface area contributed by atoms with Crippen molar-refractivity contribution in [3.8, 4) is 5.69 Å². The van der Waals surface area contributed by atoms with E-state index < -0.39 is 0 Å². The summed E-state index contributed by atoms with van der Waals surface area (Å²) in [7, 11) is 0. The van der Waals surface area contributed by atoms with E-state index in [2.05, 4.69) is 51.9 Å². The van der Waals surface area contributed by atoms with E-state index >= 15 is 0 Å². The molecule has 3 rings (SSSR count). The second-order valence-corrected chi connectivity index (χ2v) is 7.13. The monoisotopic (exact) mass is 364 g/mol. The van der Waals surface area contributed by atoms with Gasteiger partial charge in [0.25, 0.3) is 0 Å². The summed E-state index contributed by atoms with van der Waals surface area (Å²) in [4.78, 5) is 4.52. The number of aromatic nitrogens is 4. The summed E-state index contributed by atoms with van der Waals surface area (Å²) in [6, 6.07) is 8.01. The lowest BCUT2D eigenvalue weighted by molar-refractivity contribution is 0.533. The predicted molar refractivity (Wildman–Crippen MR) is 88.1 cm³/mol. The zero-order valence-corrected chi connectivity index (χ0v) is 14.3. The lowest BCUT2D eigenvalue weighted by Crippen LogP contribution is -2.18. The van der Waals surface area contributed by atoms with Gasteiger partial charge in [0.15, 0.2) is 0 Å². The van der Waals surface area contributed by atoms with Crippen molar-refractivity contribution in [3.05, 3.63) is 46.0 Å². The Kier molecular flexibility index (Phi) is 3.50. The van der Waals surface area contributed by atoms with Crippen LogP contribution in [0.2, 0.25) is 5.28 Å². The van der Waals surface area contributed by atoms with Gasteiger partial charge < -0.3 is 0 Å². The molecule has 108 valence electrons. The van der Waals surface area contributed by atoms with Gasteiger partial charge in [0.2, 0.25) is 5.28 Å². The molecule has 0 bridgehead atoms. The summed E-state index contributed by atoms with van der Waals surface area (Å²) in [5.74, 6) is 0.810. The molecule has 0 N–H and O–H groups in total. The number of benzene rings is 1. The molecule has 3 aromatic rings. The third-order valence-corrected chi connectivity index (χ3v) is 3.87. The topological polar surface area (TPSA) is 43.6 Å². The van der Waals surface area contributed by atoms with E-state index in [4.69, 9.17) is 11.6 Å². The third-order valence-electron chi connectivity index (χ3n) is 3.19. The average molecular weight is 366 g/mol. The van der Waals surface area contributed by atoms with Gasteiger partial charge in [-0.05, 0) is 39.7 Å². The molecule has 0 amide bonds. The maximum absolute atomic E-state index is 6.27. The van der Waals surface area contributed by atoms with Gasteiger partial charge in [-0.2, -0.15) is 0 Å². The third kappa shape index (κ3) is 2.56. The Bertz CT molecular complexity index is 820. The second-order valence-electron chi connectivity index (χ2n) is 5.88. The Balaban J connectivity index is 2.34. The summed E-state index contributed by atoms with van der Waals surface area (Å²) < 4.78 is 2.81. The second kappa shape index (κ2) is 5.07. The molecule has 0 aliphatic rings. The number of halogens is 2. The highest BCUT2D eigenvalue weighted by molar-refractivity contribution is 9.10. The van der Waals surface area contributed by atoms with Crippen LogP contribution in [-0.2, 0) is 5.41 Å². The zero-order valence-electron chi connectivity index (χ0n) is 11.9. The zero-order chi connectivity index (χ0) is 15.2. The summed E-state index contributed by atoms with van der Waals surface area (Å²) >= 11 is 9.72. The number of rotatable bonds is 1. The van der Waals surface area contributed by atoms with Crippen molar-refractivity contribution in [1.29, 1.82) is 0 Å². The summed E-state index contributed by atoms with van der Waals surface area (Å²) in [6.07, 6.45) is 1.78. The SMILES string of the molecule is CC(C)(C)c1nnc(Cl)n1-c1cccc2cc(Br)cnc12. The van der Waals surface area contributed by atoms with E-state index in [1.54, 1.807) is 6.20 Å². The minimum absolute atomic E-state index is 0.169. The standard InChI is InChI=1S/C15H14BrClN4/c1-15(2,3)13-19-20-14(17)21(13)11-6-4-5-9-7-10(16)8-18-12(9)11/h4-8H,1-3H3. The molecule has 0 saturated heterocycles. The maximum atomic E-state index is 6.27. The molecular formula is C15H14BrClN4. The summed E-state index contributed by atoms with van der Waals surface area (Å²) in [5, 5.41) is 9.64. The smallest absolute Gasteiger partial charge is 0.229 e. The fourth-order valence-electron chi connectivity index (χ4n) is 2.26. The molecule has 1 aromatic carbocycles. The van der Waals surface area contributed by atoms with E-state index in [0.717, 1.165) is 26.9 Å². The number of fused-ring (bicyclic) bond motifs is 1. The Morgan fingerprint density at radius 2 is 1.95 bits per heavy atom. The molecule has 2 aromatic heterocycles. The number of para-hydroxylation sites is 1. The van der Waals surface area contributed by atoms with Crippen LogP contribution in [0.4, 0.5) is 0 Å². The molecule has 2 heterocycles. The van der Waals surface area contributed by atoms with Gasteiger partial charge in [0, 0.05) is 21.5 Å². The summed E-state index contributed by atoms with van der Waals surface area (Å²) in [5.41, 5.74) is 1.59. The maximum Gasteiger partial charge on any atom is 0.229 e. The van der Waals surface area contributed by atoms with Gasteiger partial charge in [0.05, 0.1) is 11.2 Å². The molecule has 0 aliphatic heterocycles. The van der Waals surface area contributed by atoms with E-state index in [0.29, 0.717) is 5.28 Å². The van der Waals surface area contributed by atoms with Crippen molar-refractivity contribution in [2.24, 2.45) is 0 Å². The van der Waals surface area contributed by atoms with Crippen LogP contribution in [0.5, 0.6) is 0 Å². The van der Waals surface area contributed by atoms with E-state index in [9.17, 15) is 0 Å². The number of hydrogen-bond donors (Lipinski definition) is 0. The van der Waals surface area contributed by atoms with Crippen LogP contribution in [0.25, 0.3) is 16.6 Å². The van der Waals surface area contributed by atoms with Gasteiger partial charge in [-0.15, -0.1) is 10.2 Å². The predicted octanol–water partition coefficient (Wildman–Crippen LogP) is 4.53. The Morgan fingerprint density at radius 1 is 1.19 bits per heavy atom. The van der Waals surface area contributed by atoms with Crippen molar-refractivity contribution in [3.63, 3.8) is 0 Å². The van der Waals surface area contributed by atoms with Gasteiger partial charge in [0.1, 0.15) is 5.82 Å². The first-order valence-corrected chi connectivity index (χ1v) is 7.71. The molecule has 0 spiro atoms. The van der Waals surface area contributed by atoms with Crippen LogP contribution in [0.1, 0.15) is 26.6 Å². The van der Waals surface area contributed by atoms with Crippen LogP contribution in [0.15, 0.2) is 34.9 Å². The van der Waals surface area contributed by atoms with Crippen molar-refractivity contribution in [1.82, 2.24) is 19.7 Å². The largest absolute Gasteiger partial charge is 0.267 e. The number of hydrogen-bond acceptors (Lipinski definition) is 3. The number of nitrogens with zero attached hydrogens (tertiary/aromatic N) is 4. The first-order valence-electron chi connectivity index (χ1n) is 6.54. The normalized spacial score (nSPS) is 12.0. The molecule has 0 radical (unpaired) electrons. The fourth-order valence-corrected chi connectivity index (χ4v) is 2.82. The molecule has 0 fully saturated rings. The molecule has 4 nitrogen and oxygen atoms in total. The van der Waals surface area contributed by atoms with Gasteiger partial charge in [-0.3, -0.25) is 9.55 Å². The quantitative estimate of drug-likeness (QED) is 0.636. The van der Waals surface area contributed by atoms with Crippen LogP contribution in [-0.4, -0.2) is 19.7 Å². The lowest BCUT2D eigenvalue weighted by Gasteiger charge is -2.19. The molecular weight excluding hydrogens is 352 g/mol. The van der Waals surface area contributed by atoms with Crippen molar-refractivity contribution in [2.75, 3.05) is 0 Å². The molecule has 0 saturated carbocycles. The van der Waals surface area contributed by atoms with Crippen molar-refractivity contribution >= 4 is 38.4 Å². The average Bonchev–Trinajstić information content (AvgIpc) is 2.79. The Morgan fingerprint density at radius 3 is 2.67 bits per heavy atom. The first kappa shape index (κ1) is 14.5. The lowest BCUT2D eigenvalue weighted by atomic mass is 9.95. The highest BCUT2D eigenvalue weighted by Gasteiger charge is 2.25. The van der Waals surface area contributed by atoms with Crippen LogP contribution < -0.4 is 0 Å². The van der Waals surface area contributed by atoms with Gasteiger partial charge >= 0.3 is 0 Å². The van der Waals surface area contributed by atoms with Crippen LogP contribution in [0.3, 0.4) is 0 Å². The molecule has 0 atom stereocenters. The van der Waals surface area contributed by atoms with Crippen LogP contribution in [0, 0.1) is 0 Å². The minimum atomic E-state index is -0.169. The minimum Gasteiger partial charge on any atom is -0.267 e. The molecule has 6 heteroatoms. The fraction of sp³-hybridized carbons (Fsp3) is 0.267. The highest BCUT2D eigenvalue weighted by atomic mass is 79.9. The van der Waals surface area contributed by atoms with E-state index in [1.807, 2.05) is 28.8 Å². The molecule has 0 unspecified atom stereocenters. The molecule has 21 heavy (non-hydrogen) atoms. The van der Waals surface area contributed by atoms with Gasteiger partial charge in [-0.1, -0.05) is 32.9 Å². The summed E-state index contributed by atoms with van der Waals surface area (Å²) in [6.45, 7) is 6.25. The van der Waals surface area contributed by atoms with Crippen molar-refractivity contribution < 1.29 is 0 Å². The van der Waals surface area contributed by atoms with Crippen LogP contribution >= 0.6 is 27.5 Å². The van der Waals surface area contributed by atoms with E-state index in [-0.39, 0.29) is 5.41 Å².